The fourth-order valence-corrected chi connectivity index (χ4v) is 1.28. The minimum absolute atomic E-state index is 0.199. The maximum atomic E-state index is 11.1. The van der Waals surface area contributed by atoms with E-state index in [9.17, 15) is 4.79 Å². The second-order valence-corrected chi connectivity index (χ2v) is 3.60. The number of carbonyl (C=O) groups excluding carboxylic acids is 1. The molecule has 1 aromatic rings. The first-order valence-corrected chi connectivity index (χ1v) is 5.30. The lowest BCUT2D eigenvalue weighted by Crippen LogP contribution is -2.17. The molecular formula is C12H18N2O2. The molecular weight excluding hydrogens is 204 g/mol. The Balaban J connectivity index is 2.54. The predicted octanol–water partition coefficient (Wildman–Crippen LogP) is 1.73. The van der Waals surface area contributed by atoms with E-state index in [-0.39, 0.29) is 12.5 Å². The zero-order valence-corrected chi connectivity index (χ0v) is 9.99. The molecule has 1 N–H and O–H groups in total. The van der Waals surface area contributed by atoms with Gasteiger partial charge in [0.05, 0.1) is 6.61 Å². The number of esters is 1. The Labute approximate surface area is 96.2 Å². The number of hydrogen-bond donors (Lipinski definition) is 1. The van der Waals surface area contributed by atoms with Crippen LogP contribution in [0, 0.1) is 0 Å². The summed E-state index contributed by atoms with van der Waals surface area (Å²) in [6.07, 6.45) is 0. The molecule has 16 heavy (non-hydrogen) atoms. The number of hydrogen-bond acceptors (Lipinski definition) is 4. The Morgan fingerprint density at radius 1 is 1.44 bits per heavy atom. The number of anilines is 2. The Kier molecular flexibility index (Phi) is 4.64. The first kappa shape index (κ1) is 12.4. The van der Waals surface area contributed by atoms with Crippen LogP contribution >= 0.6 is 0 Å². The van der Waals surface area contributed by atoms with E-state index in [0.717, 1.165) is 11.4 Å². The molecule has 0 aliphatic rings. The van der Waals surface area contributed by atoms with Gasteiger partial charge in [0.1, 0.15) is 6.54 Å². The van der Waals surface area contributed by atoms with Crippen molar-refractivity contribution in [3.8, 4) is 0 Å². The second kappa shape index (κ2) is 6.00. The molecule has 0 saturated heterocycles. The van der Waals surface area contributed by atoms with Crippen LogP contribution in [0.1, 0.15) is 6.92 Å². The van der Waals surface area contributed by atoms with Crippen LogP contribution in [0.5, 0.6) is 0 Å². The molecule has 0 saturated carbocycles. The summed E-state index contributed by atoms with van der Waals surface area (Å²) in [6.45, 7) is 2.41. The van der Waals surface area contributed by atoms with Crippen molar-refractivity contribution in [3.05, 3.63) is 24.3 Å². The Bertz CT molecular complexity index is 351. The molecule has 0 spiro atoms. The van der Waals surface area contributed by atoms with Crippen LogP contribution in [0.2, 0.25) is 0 Å². The molecule has 1 rings (SSSR count). The third-order valence-electron chi connectivity index (χ3n) is 2.10. The summed E-state index contributed by atoms with van der Waals surface area (Å²) in [5, 5.41) is 3.02. The van der Waals surface area contributed by atoms with Crippen molar-refractivity contribution >= 4 is 17.3 Å². The molecule has 0 aliphatic heterocycles. The zero-order chi connectivity index (χ0) is 12.0. The highest BCUT2D eigenvalue weighted by Crippen LogP contribution is 2.16. The first-order valence-electron chi connectivity index (χ1n) is 5.30. The highest BCUT2D eigenvalue weighted by atomic mass is 16.5. The molecule has 0 unspecified atom stereocenters. The van der Waals surface area contributed by atoms with Crippen molar-refractivity contribution in [1.82, 2.24) is 0 Å². The van der Waals surface area contributed by atoms with Crippen LogP contribution in [0.15, 0.2) is 24.3 Å². The van der Waals surface area contributed by atoms with E-state index in [1.54, 1.807) is 6.92 Å². The Hall–Kier alpha value is -1.71. The van der Waals surface area contributed by atoms with E-state index in [1.165, 1.54) is 0 Å². The maximum absolute atomic E-state index is 11.1. The van der Waals surface area contributed by atoms with E-state index in [1.807, 2.05) is 43.3 Å². The number of nitrogens with one attached hydrogen (secondary N) is 1. The SMILES string of the molecule is CCOC(=O)CNc1cccc(N(C)C)c1. The molecule has 0 bridgehead atoms. The lowest BCUT2D eigenvalue weighted by molar-refractivity contribution is -0.140. The van der Waals surface area contributed by atoms with Gasteiger partial charge in [-0.3, -0.25) is 4.79 Å². The number of carbonyl (C=O) groups is 1. The Morgan fingerprint density at radius 3 is 2.81 bits per heavy atom. The van der Waals surface area contributed by atoms with Crippen molar-refractivity contribution in [2.75, 3.05) is 37.5 Å². The van der Waals surface area contributed by atoms with Gasteiger partial charge in [-0.2, -0.15) is 0 Å². The van der Waals surface area contributed by atoms with E-state index < -0.39 is 0 Å². The van der Waals surface area contributed by atoms with Crippen molar-refractivity contribution in [3.63, 3.8) is 0 Å². The molecule has 0 aromatic heterocycles. The van der Waals surface area contributed by atoms with Gasteiger partial charge in [0.15, 0.2) is 0 Å². The van der Waals surface area contributed by atoms with Gasteiger partial charge in [-0.15, -0.1) is 0 Å². The van der Waals surface area contributed by atoms with Gasteiger partial charge in [0.25, 0.3) is 0 Å². The van der Waals surface area contributed by atoms with Gasteiger partial charge in [0.2, 0.25) is 0 Å². The summed E-state index contributed by atoms with van der Waals surface area (Å²) in [6, 6.07) is 7.86. The van der Waals surface area contributed by atoms with Crippen LogP contribution in [-0.2, 0) is 9.53 Å². The average Bonchev–Trinajstić information content (AvgIpc) is 2.27. The highest BCUT2D eigenvalue weighted by Gasteiger charge is 2.02. The molecule has 0 heterocycles. The highest BCUT2D eigenvalue weighted by molar-refractivity contribution is 5.75. The molecule has 88 valence electrons. The van der Waals surface area contributed by atoms with Crippen molar-refractivity contribution in [2.45, 2.75) is 6.92 Å². The number of nitrogens with zero attached hydrogens (tertiary/aromatic N) is 1. The quantitative estimate of drug-likeness (QED) is 0.770. The van der Waals surface area contributed by atoms with Gasteiger partial charge in [-0.1, -0.05) is 6.07 Å². The smallest absolute Gasteiger partial charge is 0.325 e. The average molecular weight is 222 g/mol. The van der Waals surface area contributed by atoms with E-state index in [2.05, 4.69) is 5.32 Å². The number of ether oxygens (including phenoxy) is 1. The molecule has 0 fully saturated rings. The zero-order valence-electron chi connectivity index (χ0n) is 9.99. The second-order valence-electron chi connectivity index (χ2n) is 3.60. The van der Waals surface area contributed by atoms with E-state index >= 15 is 0 Å². The minimum Gasteiger partial charge on any atom is -0.465 e. The minimum atomic E-state index is -0.238. The summed E-state index contributed by atoms with van der Waals surface area (Å²) in [5.74, 6) is -0.238. The van der Waals surface area contributed by atoms with Gasteiger partial charge in [-0.25, -0.2) is 0 Å². The van der Waals surface area contributed by atoms with Crippen LogP contribution in [0.25, 0.3) is 0 Å². The fraction of sp³-hybridized carbons (Fsp3) is 0.417. The summed E-state index contributed by atoms with van der Waals surface area (Å²) in [4.78, 5) is 13.1. The largest absolute Gasteiger partial charge is 0.465 e. The summed E-state index contributed by atoms with van der Waals surface area (Å²) < 4.78 is 4.83. The van der Waals surface area contributed by atoms with E-state index in [0.29, 0.717) is 6.61 Å². The maximum Gasteiger partial charge on any atom is 0.325 e. The molecule has 0 atom stereocenters. The topological polar surface area (TPSA) is 41.6 Å². The van der Waals surface area contributed by atoms with Crippen LogP contribution in [-0.4, -0.2) is 33.2 Å². The fourth-order valence-electron chi connectivity index (χ4n) is 1.28. The van der Waals surface area contributed by atoms with Crippen LogP contribution in [0.3, 0.4) is 0 Å². The van der Waals surface area contributed by atoms with Gasteiger partial charge >= 0.3 is 5.97 Å². The first-order chi connectivity index (χ1) is 7.63. The van der Waals surface area contributed by atoms with Gasteiger partial charge < -0.3 is 15.0 Å². The third-order valence-corrected chi connectivity index (χ3v) is 2.10. The van der Waals surface area contributed by atoms with Crippen LogP contribution < -0.4 is 10.2 Å². The molecule has 0 radical (unpaired) electrons. The molecule has 0 aliphatic carbocycles. The van der Waals surface area contributed by atoms with Gasteiger partial charge in [-0.05, 0) is 25.1 Å². The van der Waals surface area contributed by atoms with Crippen LogP contribution in [0.4, 0.5) is 11.4 Å². The van der Waals surface area contributed by atoms with Crippen molar-refractivity contribution in [1.29, 1.82) is 0 Å². The van der Waals surface area contributed by atoms with E-state index in [4.69, 9.17) is 4.74 Å². The lowest BCUT2D eigenvalue weighted by atomic mass is 10.2. The molecule has 4 nitrogen and oxygen atoms in total. The molecule has 0 amide bonds. The number of benzene rings is 1. The summed E-state index contributed by atoms with van der Waals surface area (Å²) >= 11 is 0. The monoisotopic (exact) mass is 222 g/mol. The third kappa shape index (κ3) is 3.81. The Morgan fingerprint density at radius 2 is 2.19 bits per heavy atom. The summed E-state index contributed by atoms with van der Waals surface area (Å²) in [5.41, 5.74) is 2.01. The van der Waals surface area contributed by atoms with Gasteiger partial charge in [0, 0.05) is 25.5 Å². The number of rotatable bonds is 5. The standard InChI is InChI=1S/C12H18N2O2/c1-4-16-12(15)9-13-10-6-5-7-11(8-10)14(2)3/h5-8,13H,4,9H2,1-3H3. The van der Waals surface area contributed by atoms with Crippen molar-refractivity contribution < 1.29 is 9.53 Å². The van der Waals surface area contributed by atoms with Crippen molar-refractivity contribution in [2.24, 2.45) is 0 Å². The predicted molar refractivity (Wildman–Crippen MR) is 65.9 cm³/mol. The lowest BCUT2D eigenvalue weighted by Gasteiger charge is -2.14. The summed E-state index contributed by atoms with van der Waals surface area (Å²) in [7, 11) is 3.95. The molecule has 4 heteroatoms. The normalized spacial score (nSPS) is 9.69. The molecule has 1 aromatic carbocycles.